The Balaban J connectivity index is 0.00000117. The smallest absolute Gasteiger partial charge is 0.322 e. The lowest BCUT2D eigenvalue weighted by atomic mass is 10.0. The molecule has 150 valence electrons. The van der Waals surface area contributed by atoms with Crippen LogP contribution >= 0.6 is 22.6 Å². The molecule has 0 bridgehead atoms. The Morgan fingerprint density at radius 3 is 2.52 bits per heavy atom. The van der Waals surface area contributed by atoms with Gasteiger partial charge >= 0.3 is 6.18 Å². The van der Waals surface area contributed by atoms with Crippen LogP contribution in [0, 0.1) is 6.92 Å². The SMILES string of the molecule is CI.Cc1nc(Nc2cc(-c3ccccc3C(F)(F)F)nc3cnccc23)n[nH]1. The number of aromatic nitrogens is 5. The Morgan fingerprint density at radius 1 is 1.07 bits per heavy atom. The van der Waals surface area contributed by atoms with Gasteiger partial charge in [-0.25, -0.2) is 4.98 Å². The lowest BCUT2D eigenvalue weighted by Crippen LogP contribution is -2.07. The molecule has 4 aromatic rings. The van der Waals surface area contributed by atoms with Crippen molar-refractivity contribution in [2.75, 3.05) is 10.2 Å². The lowest BCUT2D eigenvalue weighted by Gasteiger charge is -2.14. The maximum atomic E-state index is 13.4. The Morgan fingerprint density at radius 2 is 1.83 bits per heavy atom. The fraction of sp³-hybridized carbons (Fsp3) is 0.158. The number of aryl methyl sites for hydroxylation is 1. The van der Waals surface area contributed by atoms with Crippen LogP contribution in [0.5, 0.6) is 0 Å². The van der Waals surface area contributed by atoms with Gasteiger partial charge in [0.2, 0.25) is 5.95 Å². The van der Waals surface area contributed by atoms with E-state index in [0.717, 1.165) is 6.07 Å². The van der Waals surface area contributed by atoms with E-state index in [1.165, 1.54) is 18.3 Å². The van der Waals surface area contributed by atoms with Gasteiger partial charge in [-0.1, -0.05) is 40.8 Å². The molecule has 6 nitrogen and oxygen atoms in total. The van der Waals surface area contributed by atoms with E-state index >= 15 is 0 Å². The van der Waals surface area contributed by atoms with Gasteiger partial charge in [0, 0.05) is 17.1 Å². The number of hydrogen-bond acceptors (Lipinski definition) is 5. The van der Waals surface area contributed by atoms with Crippen molar-refractivity contribution in [1.82, 2.24) is 25.1 Å². The van der Waals surface area contributed by atoms with Gasteiger partial charge in [0.1, 0.15) is 5.82 Å². The first kappa shape index (κ1) is 21.0. The van der Waals surface area contributed by atoms with E-state index in [1.54, 1.807) is 31.3 Å². The Labute approximate surface area is 178 Å². The first-order valence-corrected chi connectivity index (χ1v) is 10.5. The van der Waals surface area contributed by atoms with Gasteiger partial charge in [0.15, 0.2) is 0 Å². The number of aromatic amines is 1. The summed E-state index contributed by atoms with van der Waals surface area (Å²) in [5.41, 5.74) is 0.415. The third kappa shape index (κ3) is 4.63. The first-order valence-electron chi connectivity index (χ1n) is 8.37. The molecule has 1 aromatic carbocycles. The average molecular weight is 512 g/mol. The van der Waals surface area contributed by atoms with Crippen LogP contribution < -0.4 is 5.32 Å². The standard InChI is InChI=1S/C18H13F3N6.CH3I/c1-10-23-17(27-26-10)25-15-8-14(24-16-9-22-7-6-12(15)16)11-4-2-3-5-13(11)18(19,20)21;1-2/h2-9H,1H3,(H2,23,24,25,26,27);1H3. The maximum Gasteiger partial charge on any atom is 0.417 e. The zero-order chi connectivity index (χ0) is 21.0. The molecule has 2 N–H and O–H groups in total. The number of pyridine rings is 2. The zero-order valence-electron chi connectivity index (χ0n) is 15.4. The molecule has 4 rings (SSSR count). The van der Waals surface area contributed by atoms with Crippen molar-refractivity contribution in [3.05, 3.63) is 60.2 Å². The Bertz CT molecular complexity index is 1130. The van der Waals surface area contributed by atoms with Crippen LogP contribution in [0.1, 0.15) is 11.4 Å². The van der Waals surface area contributed by atoms with E-state index in [-0.39, 0.29) is 11.3 Å². The highest BCUT2D eigenvalue weighted by Crippen LogP contribution is 2.38. The van der Waals surface area contributed by atoms with Crippen LogP contribution in [0.3, 0.4) is 0 Å². The van der Waals surface area contributed by atoms with Crippen LogP contribution in [-0.4, -0.2) is 30.1 Å². The second-order valence-corrected chi connectivity index (χ2v) is 5.86. The molecular weight excluding hydrogens is 496 g/mol. The number of anilines is 2. The molecule has 0 atom stereocenters. The molecule has 3 aromatic heterocycles. The van der Waals surface area contributed by atoms with Crippen LogP contribution in [0.2, 0.25) is 0 Å². The number of benzene rings is 1. The highest BCUT2D eigenvalue weighted by atomic mass is 127. The summed E-state index contributed by atoms with van der Waals surface area (Å²) in [6, 6.07) is 8.61. The molecule has 0 aliphatic carbocycles. The first-order chi connectivity index (χ1) is 13.9. The molecule has 10 heteroatoms. The summed E-state index contributed by atoms with van der Waals surface area (Å²) in [5.74, 6) is 0.923. The average Bonchev–Trinajstić information content (AvgIpc) is 3.13. The molecule has 0 spiro atoms. The number of halogens is 4. The second kappa shape index (κ2) is 8.72. The largest absolute Gasteiger partial charge is 0.417 e. The van der Waals surface area contributed by atoms with Crippen molar-refractivity contribution in [3.8, 4) is 11.3 Å². The number of H-pyrrole nitrogens is 1. The molecule has 3 heterocycles. The number of rotatable bonds is 3. The number of fused-ring (bicyclic) bond motifs is 1. The van der Waals surface area contributed by atoms with Crippen LogP contribution in [-0.2, 0) is 6.18 Å². The van der Waals surface area contributed by atoms with Crippen LogP contribution in [0.4, 0.5) is 24.8 Å². The van der Waals surface area contributed by atoms with Crippen molar-refractivity contribution < 1.29 is 13.2 Å². The lowest BCUT2D eigenvalue weighted by molar-refractivity contribution is -0.137. The van der Waals surface area contributed by atoms with Gasteiger partial charge in [-0.3, -0.25) is 10.1 Å². The normalized spacial score (nSPS) is 11.1. The van der Waals surface area contributed by atoms with Crippen LogP contribution in [0.25, 0.3) is 22.2 Å². The van der Waals surface area contributed by atoms with E-state index in [4.69, 9.17) is 0 Å². The molecular formula is C19H16F3IN6. The summed E-state index contributed by atoms with van der Waals surface area (Å²) in [6.07, 6.45) is -1.40. The molecule has 0 saturated heterocycles. The number of hydrogen-bond donors (Lipinski definition) is 2. The van der Waals surface area contributed by atoms with Crippen LogP contribution in [0.15, 0.2) is 48.8 Å². The van der Waals surface area contributed by atoms with E-state index in [2.05, 4.69) is 53.1 Å². The topological polar surface area (TPSA) is 79.4 Å². The summed E-state index contributed by atoms with van der Waals surface area (Å²) in [4.78, 5) is 14.5. The van der Waals surface area contributed by atoms with Gasteiger partial charge in [-0.2, -0.15) is 18.2 Å². The molecule has 0 fully saturated rings. The van der Waals surface area contributed by atoms with Gasteiger partial charge < -0.3 is 5.32 Å². The minimum absolute atomic E-state index is 0.00929. The van der Waals surface area contributed by atoms with E-state index in [1.807, 2.05) is 4.93 Å². The van der Waals surface area contributed by atoms with Crippen molar-refractivity contribution in [2.24, 2.45) is 0 Å². The summed E-state index contributed by atoms with van der Waals surface area (Å²) < 4.78 is 40.3. The molecule has 0 amide bonds. The third-order valence-electron chi connectivity index (χ3n) is 3.96. The molecule has 0 radical (unpaired) electrons. The zero-order valence-corrected chi connectivity index (χ0v) is 17.6. The second-order valence-electron chi connectivity index (χ2n) is 5.86. The minimum Gasteiger partial charge on any atom is -0.322 e. The van der Waals surface area contributed by atoms with Gasteiger partial charge in [-0.15, -0.1) is 5.10 Å². The predicted octanol–water partition coefficient (Wildman–Crippen LogP) is 5.54. The van der Waals surface area contributed by atoms with Gasteiger partial charge in [0.25, 0.3) is 0 Å². The number of alkyl halides is 4. The van der Waals surface area contributed by atoms with E-state index in [9.17, 15) is 13.2 Å². The maximum absolute atomic E-state index is 13.4. The predicted molar refractivity (Wildman–Crippen MR) is 114 cm³/mol. The minimum atomic E-state index is -4.49. The van der Waals surface area contributed by atoms with Crippen molar-refractivity contribution >= 4 is 45.1 Å². The van der Waals surface area contributed by atoms with E-state index < -0.39 is 11.7 Å². The van der Waals surface area contributed by atoms with E-state index in [0.29, 0.717) is 28.4 Å². The molecule has 0 aliphatic rings. The van der Waals surface area contributed by atoms with Crippen molar-refractivity contribution in [2.45, 2.75) is 13.1 Å². The highest BCUT2D eigenvalue weighted by Gasteiger charge is 2.33. The highest BCUT2D eigenvalue weighted by molar-refractivity contribution is 14.1. The molecule has 0 unspecified atom stereocenters. The molecule has 29 heavy (non-hydrogen) atoms. The fourth-order valence-corrected chi connectivity index (χ4v) is 2.79. The monoisotopic (exact) mass is 512 g/mol. The van der Waals surface area contributed by atoms with Gasteiger partial charge in [-0.05, 0) is 30.1 Å². The quantitative estimate of drug-likeness (QED) is 0.279. The molecule has 0 saturated carbocycles. The van der Waals surface area contributed by atoms with Gasteiger partial charge in [0.05, 0.1) is 28.7 Å². The summed E-state index contributed by atoms with van der Waals surface area (Å²) in [7, 11) is 0. The summed E-state index contributed by atoms with van der Waals surface area (Å²) in [5, 5.41) is 10.5. The summed E-state index contributed by atoms with van der Waals surface area (Å²) in [6.45, 7) is 1.75. The Kier molecular flexibility index (Phi) is 6.30. The third-order valence-corrected chi connectivity index (χ3v) is 3.96. The van der Waals surface area contributed by atoms with Crippen molar-refractivity contribution in [3.63, 3.8) is 0 Å². The van der Waals surface area contributed by atoms with Crippen molar-refractivity contribution in [1.29, 1.82) is 0 Å². The summed E-state index contributed by atoms with van der Waals surface area (Å²) >= 11 is 2.15. The Hall–Kier alpha value is -2.76. The molecule has 0 aliphatic heterocycles. The number of nitrogens with zero attached hydrogens (tertiary/aromatic N) is 4. The number of nitrogens with one attached hydrogen (secondary N) is 2. The fourth-order valence-electron chi connectivity index (χ4n) is 2.79.